The zero-order valence-electron chi connectivity index (χ0n) is 7.18. The molecule has 0 aromatic heterocycles. The zero-order chi connectivity index (χ0) is 8.10. The van der Waals surface area contributed by atoms with Crippen LogP contribution in [0.1, 0.15) is 19.3 Å². The lowest BCUT2D eigenvalue weighted by atomic mass is 9.89. The van der Waals surface area contributed by atoms with Gasteiger partial charge in [-0.05, 0) is 32.4 Å². The molecule has 0 aromatic carbocycles. The van der Waals surface area contributed by atoms with Crippen molar-refractivity contribution in [3.8, 4) is 0 Å². The van der Waals surface area contributed by atoms with Gasteiger partial charge in [0.05, 0.1) is 6.10 Å². The van der Waals surface area contributed by atoms with E-state index in [0.29, 0.717) is 12.1 Å². The van der Waals surface area contributed by atoms with Crippen LogP contribution in [0.25, 0.3) is 0 Å². The van der Waals surface area contributed by atoms with Gasteiger partial charge in [-0.3, -0.25) is 0 Å². The molecule has 1 aliphatic carbocycles. The van der Waals surface area contributed by atoms with Crippen LogP contribution in [0.2, 0.25) is 0 Å². The van der Waals surface area contributed by atoms with Crippen molar-refractivity contribution in [2.75, 3.05) is 20.2 Å². The maximum atomic E-state index is 5.36. The van der Waals surface area contributed by atoms with Crippen LogP contribution in [0, 0.1) is 0 Å². The number of rotatable bonds is 5. The monoisotopic (exact) mass is 158 g/mol. The molecule has 0 amide bonds. The molecule has 1 saturated carbocycles. The summed E-state index contributed by atoms with van der Waals surface area (Å²) >= 11 is 0. The first-order valence-corrected chi connectivity index (χ1v) is 4.33. The number of hydrogen-bond acceptors (Lipinski definition) is 3. The summed E-state index contributed by atoms with van der Waals surface area (Å²) in [6, 6.07) is 0.687. The van der Waals surface area contributed by atoms with E-state index >= 15 is 0 Å². The molecular weight excluding hydrogens is 140 g/mol. The van der Waals surface area contributed by atoms with Crippen LogP contribution in [0.5, 0.6) is 0 Å². The molecule has 0 aromatic rings. The molecule has 1 fully saturated rings. The van der Waals surface area contributed by atoms with Gasteiger partial charge < -0.3 is 15.8 Å². The highest BCUT2D eigenvalue weighted by Gasteiger charge is 2.27. The van der Waals surface area contributed by atoms with Gasteiger partial charge in [-0.1, -0.05) is 0 Å². The van der Waals surface area contributed by atoms with Gasteiger partial charge >= 0.3 is 0 Å². The van der Waals surface area contributed by atoms with Crippen LogP contribution >= 0.6 is 0 Å². The highest BCUT2D eigenvalue weighted by Crippen LogP contribution is 2.22. The van der Waals surface area contributed by atoms with Crippen LogP contribution in [-0.4, -0.2) is 32.3 Å². The van der Waals surface area contributed by atoms with Crippen LogP contribution in [-0.2, 0) is 4.74 Å². The fourth-order valence-corrected chi connectivity index (χ4v) is 1.33. The number of hydrogen-bond donors (Lipinski definition) is 2. The molecule has 3 heteroatoms. The van der Waals surface area contributed by atoms with Crippen molar-refractivity contribution in [1.82, 2.24) is 5.32 Å². The quantitative estimate of drug-likeness (QED) is 0.558. The molecule has 1 rings (SSSR count). The lowest BCUT2D eigenvalue weighted by Crippen LogP contribution is -2.45. The summed E-state index contributed by atoms with van der Waals surface area (Å²) in [5.74, 6) is 0. The summed E-state index contributed by atoms with van der Waals surface area (Å²) in [5.41, 5.74) is 5.36. The highest BCUT2D eigenvalue weighted by molar-refractivity contribution is 4.85. The Kier molecular flexibility index (Phi) is 3.83. The van der Waals surface area contributed by atoms with Crippen molar-refractivity contribution in [1.29, 1.82) is 0 Å². The van der Waals surface area contributed by atoms with Gasteiger partial charge in [0.2, 0.25) is 0 Å². The van der Waals surface area contributed by atoms with E-state index in [4.69, 9.17) is 10.5 Å². The minimum absolute atomic E-state index is 0.505. The molecule has 0 spiro atoms. The molecule has 0 unspecified atom stereocenters. The molecule has 11 heavy (non-hydrogen) atoms. The average molecular weight is 158 g/mol. The Morgan fingerprint density at radius 1 is 1.55 bits per heavy atom. The van der Waals surface area contributed by atoms with E-state index in [2.05, 4.69) is 5.32 Å². The van der Waals surface area contributed by atoms with Crippen molar-refractivity contribution in [2.24, 2.45) is 5.73 Å². The second-order valence-corrected chi connectivity index (χ2v) is 3.12. The molecular formula is C8H18N2O. The maximum absolute atomic E-state index is 5.36. The first-order chi connectivity index (χ1) is 5.36. The molecule has 3 nitrogen and oxygen atoms in total. The van der Waals surface area contributed by atoms with Gasteiger partial charge in [-0.25, -0.2) is 0 Å². The maximum Gasteiger partial charge on any atom is 0.0601 e. The molecule has 0 aliphatic heterocycles. The second kappa shape index (κ2) is 4.70. The normalized spacial score (nSPS) is 30.0. The summed E-state index contributed by atoms with van der Waals surface area (Å²) in [7, 11) is 1.78. The van der Waals surface area contributed by atoms with E-state index in [1.807, 2.05) is 0 Å². The van der Waals surface area contributed by atoms with Crippen LogP contribution < -0.4 is 11.1 Å². The van der Waals surface area contributed by atoms with E-state index in [1.165, 1.54) is 12.8 Å². The second-order valence-electron chi connectivity index (χ2n) is 3.12. The SMILES string of the molecule is COC1CC(NCCCN)C1. The predicted octanol–water partition coefficient (Wildman–Crippen LogP) is 0.102. The van der Waals surface area contributed by atoms with Gasteiger partial charge in [-0.2, -0.15) is 0 Å². The van der Waals surface area contributed by atoms with Crippen molar-refractivity contribution < 1.29 is 4.74 Å². The summed E-state index contributed by atoms with van der Waals surface area (Å²) in [6.45, 7) is 1.84. The minimum atomic E-state index is 0.505. The Morgan fingerprint density at radius 3 is 2.82 bits per heavy atom. The van der Waals surface area contributed by atoms with E-state index < -0.39 is 0 Å². The molecule has 66 valence electrons. The van der Waals surface area contributed by atoms with E-state index in [1.54, 1.807) is 7.11 Å². The van der Waals surface area contributed by atoms with Gasteiger partial charge in [0.1, 0.15) is 0 Å². The smallest absolute Gasteiger partial charge is 0.0601 e. The van der Waals surface area contributed by atoms with E-state index in [0.717, 1.165) is 19.5 Å². The third kappa shape index (κ3) is 2.77. The van der Waals surface area contributed by atoms with Crippen molar-refractivity contribution in [3.63, 3.8) is 0 Å². The van der Waals surface area contributed by atoms with E-state index in [-0.39, 0.29) is 0 Å². The summed E-state index contributed by atoms with van der Waals surface area (Å²) in [4.78, 5) is 0. The first kappa shape index (κ1) is 8.97. The third-order valence-corrected chi connectivity index (χ3v) is 2.24. The van der Waals surface area contributed by atoms with Crippen molar-refractivity contribution >= 4 is 0 Å². The largest absolute Gasteiger partial charge is 0.381 e. The molecule has 0 radical (unpaired) electrons. The van der Waals surface area contributed by atoms with Gasteiger partial charge in [0.15, 0.2) is 0 Å². The summed E-state index contributed by atoms with van der Waals surface area (Å²) in [6.07, 6.45) is 3.92. The third-order valence-electron chi connectivity index (χ3n) is 2.24. The molecule has 3 N–H and O–H groups in total. The van der Waals surface area contributed by atoms with E-state index in [9.17, 15) is 0 Å². The lowest BCUT2D eigenvalue weighted by Gasteiger charge is -2.34. The predicted molar refractivity (Wildman–Crippen MR) is 45.5 cm³/mol. The average Bonchev–Trinajstić information content (AvgIpc) is 1.94. The lowest BCUT2D eigenvalue weighted by molar-refractivity contribution is 0.0176. The van der Waals surface area contributed by atoms with Gasteiger partial charge in [0.25, 0.3) is 0 Å². The fourth-order valence-electron chi connectivity index (χ4n) is 1.33. The van der Waals surface area contributed by atoms with Crippen LogP contribution in [0.15, 0.2) is 0 Å². The highest BCUT2D eigenvalue weighted by atomic mass is 16.5. The Bertz CT molecular complexity index is 102. The van der Waals surface area contributed by atoms with Gasteiger partial charge in [0, 0.05) is 13.2 Å². The Hall–Kier alpha value is -0.120. The topological polar surface area (TPSA) is 47.3 Å². The van der Waals surface area contributed by atoms with Crippen molar-refractivity contribution in [3.05, 3.63) is 0 Å². The van der Waals surface area contributed by atoms with Gasteiger partial charge in [-0.15, -0.1) is 0 Å². The Morgan fingerprint density at radius 2 is 2.27 bits per heavy atom. The van der Waals surface area contributed by atoms with Crippen LogP contribution in [0.3, 0.4) is 0 Å². The minimum Gasteiger partial charge on any atom is -0.381 e. The molecule has 1 aliphatic rings. The van der Waals surface area contributed by atoms with Crippen molar-refractivity contribution in [2.45, 2.75) is 31.4 Å². The number of nitrogens with two attached hydrogens (primary N) is 1. The fraction of sp³-hybridized carbons (Fsp3) is 1.00. The zero-order valence-corrected chi connectivity index (χ0v) is 7.18. The molecule has 0 saturated heterocycles. The first-order valence-electron chi connectivity index (χ1n) is 4.33. The van der Waals surface area contributed by atoms with Crippen LogP contribution in [0.4, 0.5) is 0 Å². The number of methoxy groups -OCH3 is 1. The Balaban J connectivity index is 1.88. The number of nitrogens with one attached hydrogen (secondary N) is 1. The standard InChI is InChI=1S/C8H18N2O/c1-11-8-5-7(6-8)10-4-2-3-9/h7-8,10H,2-6,9H2,1H3. The summed E-state index contributed by atoms with van der Waals surface area (Å²) < 4.78 is 5.16. The molecule has 0 heterocycles. The molecule has 0 bridgehead atoms. The molecule has 0 atom stereocenters. The Labute approximate surface area is 68.3 Å². The number of ether oxygens (including phenoxy) is 1. The summed E-state index contributed by atoms with van der Waals surface area (Å²) in [5, 5.41) is 3.42.